The maximum Gasteiger partial charge on any atom is 0.409 e. The number of nitrogens with zero attached hydrogens (tertiary/aromatic N) is 2. The minimum Gasteiger partial charge on any atom is -0.444 e. The van der Waals surface area contributed by atoms with Crippen LogP contribution >= 0.6 is 0 Å². The van der Waals surface area contributed by atoms with Crippen molar-refractivity contribution in [3.63, 3.8) is 0 Å². The number of carbonyl (C=O) groups excluding carboxylic acids is 1. The van der Waals surface area contributed by atoms with Crippen LogP contribution in [0.1, 0.15) is 116 Å². The van der Waals surface area contributed by atoms with Crippen LogP contribution in [0.25, 0.3) is 0 Å². The Morgan fingerprint density at radius 2 is 1.21 bits per heavy atom. The first-order valence-corrected chi connectivity index (χ1v) is 14.3. The van der Waals surface area contributed by atoms with E-state index in [0.29, 0.717) is 6.61 Å². The highest BCUT2D eigenvalue weighted by molar-refractivity contribution is 5.66. The van der Waals surface area contributed by atoms with Gasteiger partial charge in [0.1, 0.15) is 6.10 Å². The van der Waals surface area contributed by atoms with Gasteiger partial charge in [-0.15, -0.1) is 0 Å². The second-order valence-corrected chi connectivity index (χ2v) is 11.3. The summed E-state index contributed by atoms with van der Waals surface area (Å²) < 4.78 is 12.3. The Kier molecular flexibility index (Phi) is 22.1. The number of carbonyl (C=O) groups is 1. The van der Waals surface area contributed by atoms with Gasteiger partial charge in [0.25, 0.3) is 0 Å². The molecule has 0 aliphatic carbocycles. The van der Waals surface area contributed by atoms with Crippen molar-refractivity contribution in [2.75, 3.05) is 55.0 Å². The fourth-order valence-corrected chi connectivity index (χ4v) is 4.01. The van der Waals surface area contributed by atoms with E-state index in [-0.39, 0.29) is 12.2 Å². The first kappa shape index (κ1) is 33.2. The zero-order valence-corrected chi connectivity index (χ0v) is 23.9. The van der Waals surface area contributed by atoms with Gasteiger partial charge >= 0.3 is 6.09 Å². The van der Waals surface area contributed by atoms with Crippen LogP contribution in [0.4, 0.5) is 4.79 Å². The molecule has 0 saturated heterocycles. The van der Waals surface area contributed by atoms with Crippen LogP contribution in [0.2, 0.25) is 0 Å². The van der Waals surface area contributed by atoms with Gasteiger partial charge in [-0.05, 0) is 12.8 Å². The second kappa shape index (κ2) is 22.6. The number of rotatable bonds is 24. The van der Waals surface area contributed by atoms with Crippen LogP contribution in [0, 0.1) is 6.42 Å². The van der Waals surface area contributed by atoms with Crippen LogP contribution in [-0.4, -0.2) is 76.6 Å². The average molecular weight is 485 g/mol. The lowest BCUT2D eigenvalue weighted by atomic mass is 10.0. The molecular weight excluding hydrogens is 424 g/mol. The van der Waals surface area contributed by atoms with Gasteiger partial charge in [0.2, 0.25) is 0 Å². The van der Waals surface area contributed by atoms with E-state index in [1.54, 1.807) is 14.1 Å². The summed E-state index contributed by atoms with van der Waals surface area (Å²) in [6.45, 7) is 4.46. The van der Waals surface area contributed by atoms with Crippen LogP contribution in [-0.2, 0) is 9.47 Å². The third-order valence-electron chi connectivity index (χ3n) is 6.18. The third kappa shape index (κ3) is 24.3. The van der Waals surface area contributed by atoms with Crippen LogP contribution < -0.4 is 0 Å². The SMILES string of the molecule is CCCCCCCCCCCCCCCCCCOCC(C[CH]C[N+](C)(C)C)OC(=O)N(C)C. The van der Waals surface area contributed by atoms with Crippen LogP contribution in [0.3, 0.4) is 0 Å². The summed E-state index contributed by atoms with van der Waals surface area (Å²) >= 11 is 0. The lowest BCUT2D eigenvalue weighted by Gasteiger charge is -2.25. The Hall–Kier alpha value is -0.810. The maximum absolute atomic E-state index is 11.9. The monoisotopic (exact) mass is 484 g/mol. The zero-order chi connectivity index (χ0) is 25.5. The van der Waals surface area contributed by atoms with E-state index >= 15 is 0 Å². The number of unbranched alkanes of at least 4 members (excludes halogenated alkanes) is 15. The van der Waals surface area contributed by atoms with Crippen molar-refractivity contribution in [2.24, 2.45) is 0 Å². The molecule has 0 heterocycles. The topological polar surface area (TPSA) is 38.8 Å². The number of amides is 1. The van der Waals surface area contributed by atoms with E-state index in [2.05, 4.69) is 34.5 Å². The molecule has 0 aliphatic rings. The van der Waals surface area contributed by atoms with Gasteiger partial charge in [0, 0.05) is 27.1 Å². The summed E-state index contributed by atoms with van der Waals surface area (Å²) in [7, 11) is 9.90. The highest BCUT2D eigenvalue weighted by atomic mass is 16.6. The fraction of sp³-hybridized carbons (Fsp3) is 0.931. The summed E-state index contributed by atoms with van der Waals surface area (Å²) in [4.78, 5) is 13.4. The molecule has 203 valence electrons. The van der Waals surface area contributed by atoms with E-state index in [9.17, 15) is 4.79 Å². The van der Waals surface area contributed by atoms with E-state index in [1.807, 2.05) is 0 Å². The standard InChI is InChI=1S/C29H60N2O3/c1-7-8-9-10-11-12-13-14-15-16-17-18-19-20-21-22-26-33-27-28(34-29(32)30(2)3)24-23-25-31(4,5)6/h23,28H,7-22,24-27H2,1-6H3/q+1. The molecule has 0 aliphatic heterocycles. The van der Waals surface area contributed by atoms with Crippen molar-refractivity contribution >= 4 is 6.09 Å². The predicted molar refractivity (Wildman–Crippen MR) is 146 cm³/mol. The van der Waals surface area contributed by atoms with Gasteiger partial charge < -0.3 is 18.9 Å². The van der Waals surface area contributed by atoms with E-state index in [0.717, 1.165) is 30.5 Å². The molecule has 5 nitrogen and oxygen atoms in total. The van der Waals surface area contributed by atoms with Crippen molar-refractivity contribution in [2.45, 2.75) is 122 Å². The number of quaternary nitrogens is 1. The van der Waals surface area contributed by atoms with Crippen molar-refractivity contribution in [3.8, 4) is 0 Å². The van der Waals surface area contributed by atoms with Crippen molar-refractivity contribution in [3.05, 3.63) is 6.42 Å². The summed E-state index contributed by atoms with van der Waals surface area (Å²) in [6, 6.07) is 0. The van der Waals surface area contributed by atoms with Crippen molar-refractivity contribution in [1.29, 1.82) is 0 Å². The molecule has 0 bridgehead atoms. The summed E-state index contributed by atoms with van der Waals surface area (Å²) in [5.74, 6) is 0. The molecule has 0 aromatic rings. The molecule has 0 aromatic carbocycles. The molecule has 1 radical (unpaired) electrons. The van der Waals surface area contributed by atoms with Crippen molar-refractivity contribution < 1.29 is 18.8 Å². The first-order chi connectivity index (χ1) is 16.3. The minimum atomic E-state index is -0.297. The van der Waals surface area contributed by atoms with Crippen molar-refractivity contribution in [1.82, 2.24) is 4.90 Å². The van der Waals surface area contributed by atoms with E-state index < -0.39 is 0 Å². The molecular formula is C29H60N2O3+. The highest BCUT2D eigenvalue weighted by Gasteiger charge is 2.18. The predicted octanol–water partition coefficient (Wildman–Crippen LogP) is 7.63. The number of hydrogen-bond acceptors (Lipinski definition) is 3. The number of ether oxygens (including phenoxy) is 2. The Bertz CT molecular complexity index is 449. The lowest BCUT2D eigenvalue weighted by Crippen LogP contribution is -2.37. The van der Waals surface area contributed by atoms with E-state index in [1.165, 1.54) is 101 Å². The third-order valence-corrected chi connectivity index (χ3v) is 6.18. The van der Waals surface area contributed by atoms with Crippen LogP contribution in [0.5, 0.6) is 0 Å². The maximum atomic E-state index is 11.9. The smallest absolute Gasteiger partial charge is 0.409 e. The summed E-state index contributed by atoms with van der Waals surface area (Å²) in [5, 5.41) is 0. The fourth-order valence-electron chi connectivity index (χ4n) is 4.01. The summed E-state index contributed by atoms with van der Waals surface area (Å²) in [6.07, 6.45) is 24.4. The first-order valence-electron chi connectivity index (χ1n) is 14.3. The Balaban J connectivity index is 3.59. The number of hydrogen-bond donors (Lipinski definition) is 0. The van der Waals surface area contributed by atoms with Gasteiger partial charge in [0.15, 0.2) is 0 Å². The molecule has 0 N–H and O–H groups in total. The lowest BCUT2D eigenvalue weighted by molar-refractivity contribution is -0.866. The zero-order valence-electron chi connectivity index (χ0n) is 23.9. The molecule has 0 fully saturated rings. The molecule has 0 rings (SSSR count). The van der Waals surface area contributed by atoms with Gasteiger partial charge in [0.05, 0.1) is 34.3 Å². The quantitative estimate of drug-likeness (QED) is 0.104. The second-order valence-electron chi connectivity index (χ2n) is 11.3. The average Bonchev–Trinajstić information content (AvgIpc) is 2.77. The Morgan fingerprint density at radius 1 is 0.765 bits per heavy atom. The largest absolute Gasteiger partial charge is 0.444 e. The molecule has 1 atom stereocenters. The normalized spacial score (nSPS) is 12.6. The van der Waals surface area contributed by atoms with Gasteiger partial charge in [-0.1, -0.05) is 103 Å². The molecule has 1 unspecified atom stereocenters. The summed E-state index contributed by atoms with van der Waals surface area (Å²) in [5.41, 5.74) is 0. The van der Waals surface area contributed by atoms with Gasteiger partial charge in [-0.2, -0.15) is 0 Å². The molecule has 5 heteroatoms. The van der Waals surface area contributed by atoms with Gasteiger partial charge in [-0.3, -0.25) is 0 Å². The molecule has 0 saturated carbocycles. The Morgan fingerprint density at radius 3 is 1.62 bits per heavy atom. The van der Waals surface area contributed by atoms with Gasteiger partial charge in [-0.25, -0.2) is 4.79 Å². The Labute approximate surface area is 213 Å². The highest BCUT2D eigenvalue weighted by Crippen LogP contribution is 2.14. The molecule has 34 heavy (non-hydrogen) atoms. The minimum absolute atomic E-state index is 0.206. The molecule has 0 spiro atoms. The molecule has 1 amide bonds. The van der Waals surface area contributed by atoms with E-state index in [4.69, 9.17) is 9.47 Å². The van der Waals surface area contributed by atoms with Crippen LogP contribution in [0.15, 0.2) is 0 Å². The molecule has 0 aromatic heterocycles.